The van der Waals surface area contributed by atoms with Gasteiger partial charge in [0.1, 0.15) is 92.9 Å². The maximum Gasteiger partial charge on any atom is 0.175 e. The van der Waals surface area contributed by atoms with Crippen LogP contribution in [0.2, 0.25) is 0 Å². The van der Waals surface area contributed by atoms with E-state index in [0.717, 1.165) is 123 Å². The molecule has 10 heterocycles. The van der Waals surface area contributed by atoms with Crippen LogP contribution in [0.25, 0.3) is 118 Å². The molecule has 25 nitrogen and oxygen atoms in total. The number of fused-ring (bicyclic) bond motifs is 5. The van der Waals surface area contributed by atoms with E-state index in [1.807, 2.05) is 301 Å². The van der Waals surface area contributed by atoms with Crippen molar-refractivity contribution in [2.24, 2.45) is 0 Å². The van der Waals surface area contributed by atoms with Crippen LogP contribution < -0.4 is 0 Å². The van der Waals surface area contributed by atoms with Crippen LogP contribution >= 0.6 is 11.8 Å². The number of imidazole rings is 5. The highest BCUT2D eigenvalue weighted by Gasteiger charge is 2.24. The van der Waals surface area contributed by atoms with E-state index < -0.39 is 0 Å². The fourth-order valence-electron chi connectivity index (χ4n) is 13.5. The maximum atomic E-state index is 9.53. The normalized spacial score (nSPS) is 10.7. The van der Waals surface area contributed by atoms with E-state index in [2.05, 4.69) is 111 Å². The van der Waals surface area contributed by atoms with E-state index in [4.69, 9.17) is 15.0 Å². The molecule has 121 heavy (non-hydrogen) atoms. The van der Waals surface area contributed by atoms with E-state index in [0.29, 0.717) is 102 Å². The van der Waals surface area contributed by atoms with Crippen molar-refractivity contribution in [1.82, 2.24) is 97.6 Å². The molecule has 0 bridgehead atoms. The lowest BCUT2D eigenvalue weighted by Gasteiger charge is -2.08. The number of nitriles is 5. The summed E-state index contributed by atoms with van der Waals surface area (Å²) in [6.07, 6.45) is 7.50. The Kier molecular flexibility index (Phi) is 25.5. The number of aromatic nitrogens is 20. The Balaban J connectivity index is 0.000000124. The minimum Gasteiger partial charge on any atom is -0.281 e. The topological polar surface area (TPSA) is 337 Å². The zero-order valence-corrected chi connectivity index (χ0v) is 68.6. The molecule has 0 aliphatic heterocycles. The van der Waals surface area contributed by atoms with Gasteiger partial charge in [0.05, 0.1) is 0 Å². The third-order valence-corrected chi connectivity index (χ3v) is 20.3. The van der Waals surface area contributed by atoms with Crippen LogP contribution in [0, 0.1) is 98.2 Å². The van der Waals surface area contributed by atoms with E-state index in [1.54, 1.807) is 11.8 Å². The van der Waals surface area contributed by atoms with Crippen LogP contribution in [0.15, 0.2) is 248 Å². The average molecular weight is 1600 g/mol. The van der Waals surface area contributed by atoms with Gasteiger partial charge in [0.2, 0.25) is 0 Å². The fourth-order valence-corrected chi connectivity index (χ4v) is 14.3. The predicted octanol–water partition coefficient (Wildman–Crippen LogP) is 19.3. The van der Waals surface area contributed by atoms with Gasteiger partial charge in [-0.2, -0.15) is 26.3 Å². The molecule has 18 rings (SSSR count). The number of aryl methyl sites for hydroxylation is 8. The highest BCUT2D eigenvalue weighted by atomic mass is 32.2. The minimum absolute atomic E-state index is 0.289. The predicted molar refractivity (Wildman–Crippen MR) is 470 cm³/mol. The van der Waals surface area contributed by atoms with Crippen molar-refractivity contribution in [3.63, 3.8) is 0 Å². The van der Waals surface area contributed by atoms with Gasteiger partial charge in [0.15, 0.2) is 79.3 Å². The second kappa shape index (κ2) is 37.8. The summed E-state index contributed by atoms with van der Waals surface area (Å²) < 4.78 is 9.85. The Morgan fingerprint density at radius 1 is 0.298 bits per heavy atom. The van der Waals surface area contributed by atoms with Crippen LogP contribution in [-0.2, 0) is 12.8 Å². The van der Waals surface area contributed by atoms with Gasteiger partial charge in [0.25, 0.3) is 0 Å². The second-order valence-corrected chi connectivity index (χ2v) is 28.9. The first-order chi connectivity index (χ1) is 59.1. The van der Waals surface area contributed by atoms with Gasteiger partial charge in [-0.3, -0.25) is 22.8 Å². The molecular weight excluding hydrogens is 1520 g/mol. The Labute approximate surface area is 702 Å². The number of hydrogen-bond acceptors (Lipinski definition) is 21. The van der Waals surface area contributed by atoms with E-state index >= 15 is 0 Å². The molecule has 0 fully saturated rings. The van der Waals surface area contributed by atoms with Crippen molar-refractivity contribution in [2.45, 2.75) is 99.1 Å². The SMILES string of the molecule is C=CCSc1nc2c(C#N)nc(CCCC)nc2n1-c1ccccc1.CCCCc1nc(C#N)c2nc(C)n(-c3ccccc3)c2n1.Cc1ccc(-c2nc(C#N)c3nc(C)n(-c4ccccc4)c3n2)cc1.Cc1ccc(-n2c(C)nc3c(C#N)nc(-c4ccccc4)nc32)cc1.Cc1nc2c(C#N)nc(-c3ccccc3)nc2n1-c1ccccc1. The Bertz CT molecular complexity index is 6990. The number of thioether (sulfide) groups is 1. The van der Waals surface area contributed by atoms with Gasteiger partial charge in [-0.05, 0) is 115 Å². The molecule has 0 radical (unpaired) electrons. The van der Waals surface area contributed by atoms with Crippen molar-refractivity contribution >= 4 is 67.6 Å². The van der Waals surface area contributed by atoms with Gasteiger partial charge < -0.3 is 0 Å². The standard InChI is InChI=1S/2C20H15N5.C19H19N5S.C19H13N5.C17H17N5/c1-13-8-10-15(11-9-13)19-23-17(12-21)18-20(24-19)25(14(2)22-18)16-6-4-3-5-7-16;1-13-8-10-16(11-9-13)25-14(2)22-18-17(12-21)23-19(24-20(18)25)15-6-4-3-5-7-15;1-3-5-11-16-21-15(13-20)17-18(22-16)24(14-9-7-6-8-10-14)19(23-17)25-12-4-2;1-13-21-17-16(12-20)22-18(14-8-4-2-5-9-14)23-19(17)24(13)15-10-6-3-7-11-15;1-3-4-10-15-20-14(11-18)16-17(21-15)22(12(2)19-16)13-8-6-5-7-9-13/h2*3-11H,1-2H3;4,6-10H,2-3,5,11-12H2,1H3;2-11H,1H3;5-9H,3-4,10H2,1-2H3. The number of nitrogens with zero attached hydrogens (tertiary/aromatic N) is 25. The molecular formula is C95H79N25S. The van der Waals surface area contributed by atoms with E-state index in [9.17, 15) is 26.3 Å². The molecule has 0 N–H and O–H groups in total. The van der Waals surface area contributed by atoms with Crippen LogP contribution in [0.4, 0.5) is 0 Å². The molecule has 590 valence electrons. The minimum atomic E-state index is 0.289. The molecule has 0 spiro atoms. The zero-order chi connectivity index (χ0) is 84.5. The smallest absolute Gasteiger partial charge is 0.175 e. The summed E-state index contributed by atoms with van der Waals surface area (Å²) >= 11 is 1.57. The molecule has 0 aliphatic carbocycles. The van der Waals surface area contributed by atoms with Gasteiger partial charge >= 0.3 is 0 Å². The van der Waals surface area contributed by atoms with Crippen LogP contribution in [0.5, 0.6) is 0 Å². The summed E-state index contributed by atoms with van der Waals surface area (Å²) in [5.74, 6) is 6.84. The van der Waals surface area contributed by atoms with Crippen LogP contribution in [0.3, 0.4) is 0 Å². The largest absolute Gasteiger partial charge is 0.281 e. The third-order valence-electron chi connectivity index (χ3n) is 19.4. The third kappa shape index (κ3) is 17.9. The summed E-state index contributed by atoms with van der Waals surface area (Å²) in [6, 6.07) is 85.8. The summed E-state index contributed by atoms with van der Waals surface area (Å²) in [5.41, 5.74) is 17.4. The van der Waals surface area contributed by atoms with Crippen molar-refractivity contribution < 1.29 is 0 Å². The zero-order valence-electron chi connectivity index (χ0n) is 67.8. The highest BCUT2D eigenvalue weighted by Crippen LogP contribution is 2.33. The maximum absolute atomic E-state index is 9.53. The van der Waals surface area contributed by atoms with Crippen molar-refractivity contribution in [1.29, 1.82) is 26.3 Å². The fraction of sp³-hybridized carbons (Fsp3) is 0.158. The van der Waals surface area contributed by atoms with E-state index in [-0.39, 0.29) is 11.4 Å². The van der Waals surface area contributed by atoms with Crippen LogP contribution in [0.1, 0.15) is 114 Å². The quantitative estimate of drug-likeness (QED) is 0.0603. The molecule has 26 heteroatoms. The molecule has 0 saturated heterocycles. The Morgan fingerprint density at radius 3 is 0.876 bits per heavy atom. The molecule has 18 aromatic rings. The molecule has 0 unspecified atom stereocenters. The lowest BCUT2D eigenvalue weighted by molar-refractivity contribution is 0.752. The molecule has 0 amide bonds. The first-order valence-corrected chi connectivity index (χ1v) is 40.2. The first kappa shape index (κ1) is 81.6. The van der Waals surface area contributed by atoms with Crippen molar-refractivity contribution in [3.05, 3.63) is 318 Å². The molecule has 8 aromatic carbocycles. The molecule has 0 aliphatic rings. The first-order valence-electron chi connectivity index (χ1n) is 39.2. The molecule has 0 atom stereocenters. The summed E-state index contributed by atoms with van der Waals surface area (Å²) in [6.45, 7) is 19.7. The number of rotatable bonds is 17. The average Bonchev–Trinajstić information content (AvgIpc) is 1.64. The lowest BCUT2D eigenvalue weighted by atomic mass is 10.1. The van der Waals surface area contributed by atoms with Gasteiger partial charge in [-0.15, -0.1) is 6.58 Å². The Hall–Kier alpha value is -16.0. The molecule has 0 saturated carbocycles. The summed E-state index contributed by atoms with van der Waals surface area (Å²) in [7, 11) is 0. The summed E-state index contributed by atoms with van der Waals surface area (Å²) in [4.78, 5) is 68.2. The second-order valence-electron chi connectivity index (χ2n) is 27.9. The van der Waals surface area contributed by atoms with Gasteiger partial charge in [0, 0.05) is 63.7 Å². The lowest BCUT2D eigenvalue weighted by Crippen LogP contribution is -2.03. The number of hydrogen-bond donors (Lipinski definition) is 0. The Morgan fingerprint density at radius 2 is 0.562 bits per heavy atom. The highest BCUT2D eigenvalue weighted by molar-refractivity contribution is 7.99. The monoisotopic (exact) mass is 1600 g/mol. The number of para-hydroxylation sites is 4. The number of benzene rings is 8. The van der Waals surface area contributed by atoms with Gasteiger partial charge in [-0.25, -0.2) is 74.8 Å². The van der Waals surface area contributed by atoms with Gasteiger partial charge in [-0.1, -0.05) is 226 Å². The van der Waals surface area contributed by atoms with Crippen molar-refractivity contribution in [3.8, 4) is 92.9 Å². The molecule has 10 aromatic heterocycles. The van der Waals surface area contributed by atoms with Crippen LogP contribution in [-0.4, -0.2) is 103 Å². The van der Waals surface area contributed by atoms with E-state index in [1.165, 1.54) is 5.56 Å². The van der Waals surface area contributed by atoms with Crippen molar-refractivity contribution in [2.75, 3.05) is 5.75 Å². The summed E-state index contributed by atoms with van der Waals surface area (Å²) in [5, 5.41) is 48.2. The number of unbranched alkanes of at least 4 members (excludes halogenated alkanes) is 2.